The van der Waals surface area contributed by atoms with Crippen LogP contribution in [0.1, 0.15) is 12.0 Å². The van der Waals surface area contributed by atoms with E-state index in [4.69, 9.17) is 27.9 Å². The maximum Gasteiger partial charge on any atom is 0.276 e. The summed E-state index contributed by atoms with van der Waals surface area (Å²) >= 11 is 12.1. The zero-order valence-corrected chi connectivity index (χ0v) is 14.5. The molecule has 1 saturated heterocycles. The van der Waals surface area contributed by atoms with E-state index in [0.29, 0.717) is 36.2 Å². The third kappa shape index (κ3) is 4.32. The molecule has 1 aliphatic rings. The second kappa shape index (κ2) is 7.44. The Balaban J connectivity index is 2.33. The lowest BCUT2D eigenvalue weighted by molar-refractivity contribution is -0.0382. The Labute approximate surface area is 140 Å². The van der Waals surface area contributed by atoms with Crippen LogP contribution in [0.15, 0.2) is 18.2 Å². The van der Waals surface area contributed by atoms with E-state index in [1.807, 2.05) is 6.07 Å². The van der Waals surface area contributed by atoms with Crippen molar-refractivity contribution < 1.29 is 13.2 Å². The summed E-state index contributed by atoms with van der Waals surface area (Å²) in [6, 6.07) is 5.23. The fourth-order valence-electron chi connectivity index (χ4n) is 2.34. The molecule has 1 heterocycles. The first-order valence-corrected chi connectivity index (χ1v) is 9.11. The normalized spacial score (nSPS) is 23.2. The fraction of sp³-hybridized carbons (Fsp3) is 0.538. The molecule has 3 N–H and O–H groups in total. The maximum atomic E-state index is 11.7. The van der Waals surface area contributed by atoms with Crippen LogP contribution in [-0.2, 0) is 20.5 Å². The van der Waals surface area contributed by atoms with Crippen molar-refractivity contribution in [1.29, 1.82) is 0 Å². The lowest BCUT2D eigenvalue weighted by Crippen LogP contribution is -2.46. The molecule has 9 heteroatoms. The van der Waals surface area contributed by atoms with Crippen LogP contribution in [-0.4, -0.2) is 41.7 Å². The number of nitrogens with one attached hydrogen (secondary N) is 3. The molecule has 1 unspecified atom stereocenters. The average Bonchev–Trinajstić information content (AvgIpc) is 2.75. The van der Waals surface area contributed by atoms with Crippen molar-refractivity contribution in [1.82, 2.24) is 14.8 Å². The van der Waals surface area contributed by atoms with Crippen molar-refractivity contribution in [2.45, 2.75) is 12.0 Å². The second-order valence-corrected chi connectivity index (χ2v) is 7.52. The number of benzene rings is 1. The summed E-state index contributed by atoms with van der Waals surface area (Å²) in [6.45, 7) is 2.00. The van der Waals surface area contributed by atoms with Gasteiger partial charge in [0, 0.05) is 20.1 Å². The highest BCUT2D eigenvalue weighted by molar-refractivity contribution is 7.87. The van der Waals surface area contributed by atoms with Gasteiger partial charge in [0.2, 0.25) is 0 Å². The second-order valence-electron chi connectivity index (χ2n) is 5.00. The van der Waals surface area contributed by atoms with Gasteiger partial charge in [-0.2, -0.15) is 13.1 Å². The molecule has 124 valence electrons. The topological polar surface area (TPSA) is 79.5 Å². The molecule has 1 atom stereocenters. The van der Waals surface area contributed by atoms with Gasteiger partial charge in [-0.3, -0.25) is 0 Å². The molecule has 1 aromatic rings. The summed E-state index contributed by atoms with van der Waals surface area (Å²) in [7, 11) is -2.20. The van der Waals surface area contributed by atoms with E-state index in [2.05, 4.69) is 14.8 Å². The van der Waals surface area contributed by atoms with Crippen molar-refractivity contribution in [3.8, 4) is 0 Å². The largest absolute Gasteiger partial charge is 0.368 e. The Morgan fingerprint density at radius 2 is 2.09 bits per heavy atom. The molecule has 0 bridgehead atoms. The minimum absolute atomic E-state index is 0.107. The Bertz CT molecular complexity index is 617. The molecule has 1 aliphatic heterocycles. The molecule has 0 spiro atoms. The summed E-state index contributed by atoms with van der Waals surface area (Å²) in [5, 5.41) is 4.09. The first-order chi connectivity index (χ1) is 10.4. The van der Waals surface area contributed by atoms with Crippen LogP contribution >= 0.6 is 23.2 Å². The van der Waals surface area contributed by atoms with Crippen LogP contribution in [0.3, 0.4) is 0 Å². The molecular formula is C13H19Cl2N3O3S. The summed E-state index contributed by atoms with van der Waals surface area (Å²) in [5.41, 5.74) is 0.00571. The van der Waals surface area contributed by atoms with E-state index < -0.39 is 15.8 Å². The predicted octanol–water partition coefficient (Wildman–Crippen LogP) is 1.25. The highest BCUT2D eigenvalue weighted by Gasteiger charge is 2.35. The van der Waals surface area contributed by atoms with E-state index in [1.165, 1.54) is 7.05 Å². The van der Waals surface area contributed by atoms with Gasteiger partial charge in [0.15, 0.2) is 0 Å². The standard InChI is InChI=1S/C13H19Cl2N3O3S/c1-16-22(19,20)18-9-13(4-5-17-6-7-21-13)10-2-3-11(14)12(15)8-10/h2-3,8,16-18H,4-7,9H2,1H3. The highest BCUT2D eigenvalue weighted by atomic mass is 35.5. The van der Waals surface area contributed by atoms with Gasteiger partial charge >= 0.3 is 0 Å². The smallest absolute Gasteiger partial charge is 0.276 e. The lowest BCUT2D eigenvalue weighted by Gasteiger charge is -2.33. The van der Waals surface area contributed by atoms with Crippen LogP contribution in [0.4, 0.5) is 0 Å². The van der Waals surface area contributed by atoms with Gasteiger partial charge < -0.3 is 10.1 Å². The van der Waals surface area contributed by atoms with E-state index in [1.54, 1.807) is 12.1 Å². The molecule has 0 aromatic heterocycles. The molecule has 1 fully saturated rings. The highest BCUT2D eigenvalue weighted by Crippen LogP contribution is 2.34. The minimum atomic E-state index is -3.55. The Hall–Kier alpha value is -0.410. The third-order valence-corrected chi connectivity index (χ3v) is 5.43. The van der Waals surface area contributed by atoms with Crippen LogP contribution in [0.25, 0.3) is 0 Å². The summed E-state index contributed by atoms with van der Waals surface area (Å²) in [5.74, 6) is 0. The molecule has 22 heavy (non-hydrogen) atoms. The van der Waals surface area contributed by atoms with Crippen molar-refractivity contribution >= 4 is 33.4 Å². The number of halogens is 2. The summed E-state index contributed by atoms with van der Waals surface area (Å²) in [4.78, 5) is 0. The SMILES string of the molecule is CNS(=O)(=O)NCC1(c2ccc(Cl)c(Cl)c2)CCNCCO1. The molecule has 6 nitrogen and oxygen atoms in total. The Morgan fingerprint density at radius 1 is 1.32 bits per heavy atom. The summed E-state index contributed by atoms with van der Waals surface area (Å²) in [6.07, 6.45) is 0.608. The first kappa shape index (κ1) is 17.9. The van der Waals surface area contributed by atoms with Gasteiger partial charge in [-0.15, -0.1) is 0 Å². The third-order valence-electron chi connectivity index (χ3n) is 3.62. The monoisotopic (exact) mass is 367 g/mol. The molecule has 0 saturated carbocycles. The minimum Gasteiger partial charge on any atom is -0.368 e. The van der Waals surface area contributed by atoms with Crippen LogP contribution in [0.5, 0.6) is 0 Å². The van der Waals surface area contributed by atoms with E-state index in [-0.39, 0.29) is 6.54 Å². The van der Waals surface area contributed by atoms with Crippen LogP contribution < -0.4 is 14.8 Å². The predicted molar refractivity (Wildman–Crippen MR) is 87.6 cm³/mol. The van der Waals surface area contributed by atoms with E-state index >= 15 is 0 Å². The first-order valence-electron chi connectivity index (χ1n) is 6.87. The van der Waals surface area contributed by atoms with Crippen LogP contribution in [0.2, 0.25) is 10.0 Å². The van der Waals surface area contributed by atoms with Crippen molar-refractivity contribution in [2.24, 2.45) is 0 Å². The molecular weight excluding hydrogens is 349 g/mol. The number of hydrogen-bond acceptors (Lipinski definition) is 4. The van der Waals surface area contributed by atoms with Gasteiger partial charge in [-0.05, 0) is 30.7 Å². The number of ether oxygens (including phenoxy) is 1. The number of rotatable bonds is 5. The van der Waals surface area contributed by atoms with Crippen molar-refractivity contribution in [3.05, 3.63) is 33.8 Å². The quantitative estimate of drug-likeness (QED) is 0.731. The van der Waals surface area contributed by atoms with Gasteiger partial charge in [0.05, 0.1) is 16.7 Å². The van der Waals surface area contributed by atoms with E-state index in [9.17, 15) is 8.42 Å². The average molecular weight is 368 g/mol. The Kier molecular flexibility index (Phi) is 6.07. The molecule has 1 aromatic carbocycles. The lowest BCUT2D eigenvalue weighted by atomic mass is 9.90. The van der Waals surface area contributed by atoms with E-state index in [0.717, 1.165) is 5.56 Å². The van der Waals surface area contributed by atoms with Gasteiger partial charge in [0.1, 0.15) is 5.60 Å². The molecule has 0 amide bonds. The zero-order valence-electron chi connectivity index (χ0n) is 12.2. The molecule has 0 radical (unpaired) electrons. The molecule has 2 rings (SSSR count). The number of hydrogen-bond donors (Lipinski definition) is 3. The summed E-state index contributed by atoms with van der Waals surface area (Å²) < 4.78 is 34.1. The molecule has 0 aliphatic carbocycles. The van der Waals surface area contributed by atoms with Crippen molar-refractivity contribution in [3.63, 3.8) is 0 Å². The van der Waals surface area contributed by atoms with Gasteiger partial charge in [-0.1, -0.05) is 29.3 Å². The van der Waals surface area contributed by atoms with Crippen LogP contribution in [0, 0.1) is 0 Å². The Morgan fingerprint density at radius 3 is 2.77 bits per heavy atom. The van der Waals surface area contributed by atoms with Crippen molar-refractivity contribution in [2.75, 3.05) is 33.3 Å². The van der Waals surface area contributed by atoms with Gasteiger partial charge in [0.25, 0.3) is 10.2 Å². The maximum absolute atomic E-state index is 11.7. The fourth-order valence-corrected chi connectivity index (χ4v) is 3.20. The zero-order chi connectivity index (χ0) is 16.2. The van der Waals surface area contributed by atoms with Gasteiger partial charge in [-0.25, -0.2) is 4.72 Å².